The molecule has 0 radical (unpaired) electrons. The van der Waals surface area contributed by atoms with Crippen molar-refractivity contribution >= 4 is 27.4 Å². The third-order valence-corrected chi connectivity index (χ3v) is 4.26. The summed E-state index contributed by atoms with van der Waals surface area (Å²) < 4.78 is 1.03. The van der Waals surface area contributed by atoms with E-state index in [2.05, 4.69) is 25.1 Å². The molecule has 0 saturated heterocycles. The highest BCUT2D eigenvalue weighted by Crippen LogP contribution is 2.35. The maximum atomic E-state index is 11.1. The van der Waals surface area contributed by atoms with Crippen molar-refractivity contribution in [2.75, 3.05) is 0 Å². The molecule has 0 bridgehead atoms. The molecule has 0 atom stereocenters. The van der Waals surface area contributed by atoms with E-state index in [0.717, 1.165) is 21.2 Å². The zero-order valence-corrected chi connectivity index (χ0v) is 11.2. The van der Waals surface area contributed by atoms with Gasteiger partial charge in [-0.3, -0.25) is 0 Å². The molecule has 1 N–H and O–H groups in total. The normalized spacial score (nSPS) is 10.8. The van der Waals surface area contributed by atoms with Crippen LogP contribution in [-0.2, 0) is 0 Å². The van der Waals surface area contributed by atoms with E-state index in [1.807, 2.05) is 24.3 Å². The van der Waals surface area contributed by atoms with Crippen LogP contribution in [0, 0.1) is 6.92 Å². The number of carboxylic acid groups (broad SMARTS) is 1. The van der Waals surface area contributed by atoms with E-state index >= 15 is 0 Å². The number of rotatable bonds is 2. The number of thiophene rings is 1. The number of aromatic carboxylic acids is 1. The minimum atomic E-state index is -0.864. The van der Waals surface area contributed by atoms with E-state index in [-0.39, 0.29) is 0 Å². The number of carbonyl (C=O) groups is 1. The number of fused-ring (bicyclic) bond motifs is 1. The Bertz CT molecular complexity index is 771. The number of aryl methyl sites for hydroxylation is 1. The van der Waals surface area contributed by atoms with Gasteiger partial charge in [-0.2, -0.15) is 0 Å². The zero-order chi connectivity index (χ0) is 13.4. The van der Waals surface area contributed by atoms with Crippen LogP contribution >= 0.6 is 11.3 Å². The molecule has 0 unspecified atom stereocenters. The van der Waals surface area contributed by atoms with Crippen molar-refractivity contribution in [3.8, 4) is 11.1 Å². The van der Waals surface area contributed by atoms with Gasteiger partial charge in [0.1, 0.15) is 4.88 Å². The molecular weight excluding hydrogens is 256 g/mol. The average molecular weight is 268 g/mol. The standard InChI is InChI=1S/C16H12O2S/c1-10-4-2-5-11(8-10)13-7-3-6-12-9-14(16(17)18)19-15(12)13/h2-9H,1H3,(H,17,18). The Morgan fingerprint density at radius 3 is 2.63 bits per heavy atom. The van der Waals surface area contributed by atoms with Crippen LogP contribution in [0.2, 0.25) is 0 Å². The summed E-state index contributed by atoms with van der Waals surface area (Å²) in [4.78, 5) is 11.5. The summed E-state index contributed by atoms with van der Waals surface area (Å²) in [6, 6.07) is 16.0. The average Bonchev–Trinajstić information content (AvgIpc) is 2.82. The van der Waals surface area contributed by atoms with Crippen molar-refractivity contribution in [2.45, 2.75) is 6.92 Å². The molecular formula is C16H12O2S. The SMILES string of the molecule is Cc1cccc(-c2cccc3cc(C(=O)O)sc23)c1. The Labute approximate surface area is 114 Å². The highest BCUT2D eigenvalue weighted by Gasteiger charge is 2.11. The Morgan fingerprint density at radius 1 is 1.11 bits per heavy atom. The molecule has 94 valence electrons. The van der Waals surface area contributed by atoms with E-state index in [4.69, 9.17) is 5.11 Å². The van der Waals surface area contributed by atoms with Crippen LogP contribution in [0.5, 0.6) is 0 Å². The second-order valence-corrected chi connectivity index (χ2v) is 5.56. The first-order chi connectivity index (χ1) is 9.15. The second-order valence-electron chi connectivity index (χ2n) is 4.51. The summed E-state index contributed by atoms with van der Waals surface area (Å²) in [6.07, 6.45) is 0. The Morgan fingerprint density at radius 2 is 1.89 bits per heavy atom. The maximum Gasteiger partial charge on any atom is 0.345 e. The van der Waals surface area contributed by atoms with Crippen molar-refractivity contribution in [3.05, 3.63) is 59.0 Å². The van der Waals surface area contributed by atoms with Gasteiger partial charge in [-0.15, -0.1) is 11.3 Å². The minimum Gasteiger partial charge on any atom is -0.477 e. The predicted octanol–water partition coefficient (Wildman–Crippen LogP) is 4.57. The van der Waals surface area contributed by atoms with Crippen molar-refractivity contribution < 1.29 is 9.90 Å². The number of hydrogen-bond acceptors (Lipinski definition) is 2. The second kappa shape index (κ2) is 4.52. The lowest BCUT2D eigenvalue weighted by Gasteiger charge is -2.04. The van der Waals surface area contributed by atoms with Gasteiger partial charge in [0, 0.05) is 4.70 Å². The maximum absolute atomic E-state index is 11.1. The van der Waals surface area contributed by atoms with Crippen molar-refractivity contribution in [1.82, 2.24) is 0 Å². The summed E-state index contributed by atoms with van der Waals surface area (Å²) in [6.45, 7) is 2.06. The lowest BCUT2D eigenvalue weighted by molar-refractivity contribution is 0.0702. The molecule has 0 aliphatic rings. The summed E-state index contributed by atoms with van der Waals surface area (Å²) in [7, 11) is 0. The lowest BCUT2D eigenvalue weighted by Crippen LogP contribution is -1.89. The molecule has 0 aliphatic heterocycles. The monoisotopic (exact) mass is 268 g/mol. The third kappa shape index (κ3) is 2.13. The van der Waals surface area contributed by atoms with Crippen LogP contribution in [-0.4, -0.2) is 11.1 Å². The smallest absolute Gasteiger partial charge is 0.345 e. The predicted molar refractivity (Wildman–Crippen MR) is 79.0 cm³/mol. The lowest BCUT2D eigenvalue weighted by atomic mass is 10.0. The number of benzene rings is 2. The van der Waals surface area contributed by atoms with Gasteiger partial charge in [0.25, 0.3) is 0 Å². The highest BCUT2D eigenvalue weighted by atomic mass is 32.1. The first kappa shape index (κ1) is 11.9. The van der Waals surface area contributed by atoms with Gasteiger partial charge in [-0.05, 0) is 29.5 Å². The minimum absolute atomic E-state index is 0.384. The zero-order valence-electron chi connectivity index (χ0n) is 10.4. The summed E-state index contributed by atoms with van der Waals surface area (Å²) >= 11 is 1.33. The fraction of sp³-hybridized carbons (Fsp3) is 0.0625. The van der Waals surface area contributed by atoms with Crippen molar-refractivity contribution in [3.63, 3.8) is 0 Å². The molecule has 0 fully saturated rings. The molecule has 19 heavy (non-hydrogen) atoms. The molecule has 2 aromatic carbocycles. The van der Waals surface area contributed by atoms with Crippen LogP contribution in [0.15, 0.2) is 48.5 Å². The molecule has 0 spiro atoms. The van der Waals surface area contributed by atoms with Gasteiger partial charge >= 0.3 is 5.97 Å². The summed E-state index contributed by atoms with van der Waals surface area (Å²) in [5, 5.41) is 10.1. The highest BCUT2D eigenvalue weighted by molar-refractivity contribution is 7.21. The molecule has 0 aliphatic carbocycles. The van der Waals surface area contributed by atoms with E-state index in [0.29, 0.717) is 4.88 Å². The summed E-state index contributed by atoms with van der Waals surface area (Å²) in [5.41, 5.74) is 3.42. The molecule has 3 heteroatoms. The molecule has 1 aromatic heterocycles. The largest absolute Gasteiger partial charge is 0.477 e. The van der Waals surface area contributed by atoms with Gasteiger partial charge in [0.2, 0.25) is 0 Å². The molecule has 3 rings (SSSR count). The van der Waals surface area contributed by atoms with Crippen LogP contribution in [0.25, 0.3) is 21.2 Å². The third-order valence-electron chi connectivity index (χ3n) is 3.08. The Hall–Kier alpha value is -2.13. The van der Waals surface area contributed by atoms with Gasteiger partial charge in [-0.1, -0.05) is 48.0 Å². The van der Waals surface area contributed by atoms with Gasteiger partial charge in [0.15, 0.2) is 0 Å². The van der Waals surface area contributed by atoms with Crippen LogP contribution in [0.3, 0.4) is 0 Å². The van der Waals surface area contributed by atoms with Gasteiger partial charge < -0.3 is 5.11 Å². The first-order valence-electron chi connectivity index (χ1n) is 5.98. The van der Waals surface area contributed by atoms with Crippen molar-refractivity contribution in [1.29, 1.82) is 0 Å². The van der Waals surface area contributed by atoms with Crippen LogP contribution in [0.1, 0.15) is 15.2 Å². The quantitative estimate of drug-likeness (QED) is 0.739. The number of carboxylic acids is 1. The summed E-state index contributed by atoms with van der Waals surface area (Å²) in [5.74, 6) is -0.864. The fourth-order valence-corrected chi connectivity index (χ4v) is 3.24. The van der Waals surface area contributed by atoms with E-state index in [1.165, 1.54) is 16.9 Å². The Balaban J connectivity index is 2.26. The number of hydrogen-bond donors (Lipinski definition) is 1. The van der Waals surface area contributed by atoms with E-state index < -0.39 is 5.97 Å². The Kier molecular flexibility index (Phi) is 2.84. The molecule has 0 amide bonds. The van der Waals surface area contributed by atoms with Crippen molar-refractivity contribution in [2.24, 2.45) is 0 Å². The fourth-order valence-electron chi connectivity index (χ4n) is 2.21. The topological polar surface area (TPSA) is 37.3 Å². The van der Waals surface area contributed by atoms with E-state index in [9.17, 15) is 4.79 Å². The van der Waals surface area contributed by atoms with Crippen LogP contribution in [0.4, 0.5) is 0 Å². The van der Waals surface area contributed by atoms with Gasteiger partial charge in [0.05, 0.1) is 0 Å². The first-order valence-corrected chi connectivity index (χ1v) is 6.80. The molecule has 3 aromatic rings. The molecule has 1 heterocycles. The molecule has 0 saturated carbocycles. The van der Waals surface area contributed by atoms with Gasteiger partial charge in [-0.25, -0.2) is 4.79 Å². The van der Waals surface area contributed by atoms with Crippen LogP contribution < -0.4 is 0 Å². The molecule has 2 nitrogen and oxygen atoms in total. The van der Waals surface area contributed by atoms with E-state index in [1.54, 1.807) is 6.07 Å².